The molecular formula is C31H41N3O7. The predicted molar refractivity (Wildman–Crippen MR) is 153 cm³/mol. The molecule has 0 radical (unpaired) electrons. The molecule has 2 aliphatic rings. The average Bonchev–Trinajstić information content (AvgIpc) is 3.49. The Hall–Kier alpha value is -3.66. The lowest BCUT2D eigenvalue weighted by molar-refractivity contribution is -0.161. The van der Waals surface area contributed by atoms with E-state index >= 15 is 0 Å². The standard InChI is InChI=1S/C31H41N3O7/c1-22-8-10-24(11-9-22)34(29(38)26-7-6-20-41-26)25-12-17-32(18-13-25)19-16-31(14-4-3-5-15-31)28(30(39)40)33(23(2)35)21-27(36)37/h6-11,20,25,28H,3-5,12-19,21H2,1-2H3,(H,36,37)(H,39,40). The third-order valence-corrected chi connectivity index (χ3v) is 8.80. The van der Waals surface area contributed by atoms with E-state index in [1.165, 1.54) is 13.2 Å². The Bertz CT molecular complexity index is 1200. The summed E-state index contributed by atoms with van der Waals surface area (Å²) in [7, 11) is 0. The molecule has 0 spiro atoms. The number of carbonyl (C=O) groups is 4. The molecule has 1 saturated carbocycles. The SMILES string of the molecule is CC(=O)N(CC(=O)O)C(C(=O)O)C1(CCN2CCC(N(C(=O)c3ccco3)c3ccc(C)cc3)CC2)CCCCC1. The van der Waals surface area contributed by atoms with Crippen molar-refractivity contribution in [2.75, 3.05) is 31.1 Å². The number of hydrogen-bond acceptors (Lipinski definition) is 6. The second-order valence-electron chi connectivity index (χ2n) is 11.5. The van der Waals surface area contributed by atoms with Gasteiger partial charge in [-0.25, -0.2) is 4.79 Å². The topological polar surface area (TPSA) is 132 Å². The number of piperidine rings is 1. The van der Waals surface area contributed by atoms with Crippen LogP contribution in [0.2, 0.25) is 0 Å². The summed E-state index contributed by atoms with van der Waals surface area (Å²) in [6, 6.07) is 10.1. The van der Waals surface area contributed by atoms with Gasteiger partial charge < -0.3 is 29.3 Å². The zero-order valence-electron chi connectivity index (χ0n) is 24.0. The molecule has 1 atom stereocenters. The van der Waals surface area contributed by atoms with E-state index in [4.69, 9.17) is 4.42 Å². The molecule has 1 aromatic heterocycles. The maximum Gasteiger partial charge on any atom is 0.327 e. The Labute approximate surface area is 240 Å². The van der Waals surface area contributed by atoms with E-state index in [0.717, 1.165) is 61.3 Å². The van der Waals surface area contributed by atoms with Crippen LogP contribution in [0.25, 0.3) is 0 Å². The maximum absolute atomic E-state index is 13.5. The molecule has 1 saturated heterocycles. The predicted octanol–water partition coefficient (Wildman–Crippen LogP) is 4.43. The summed E-state index contributed by atoms with van der Waals surface area (Å²) in [6.07, 6.45) is 7.53. The van der Waals surface area contributed by atoms with Gasteiger partial charge in [-0.3, -0.25) is 14.4 Å². The Kier molecular flexibility index (Phi) is 9.86. The molecule has 1 unspecified atom stereocenters. The van der Waals surface area contributed by atoms with Gasteiger partial charge in [0.2, 0.25) is 5.91 Å². The lowest BCUT2D eigenvalue weighted by Crippen LogP contribution is -2.57. The quantitative estimate of drug-likeness (QED) is 0.408. The molecule has 0 bridgehead atoms. The fourth-order valence-electron chi connectivity index (χ4n) is 6.67. The highest BCUT2D eigenvalue weighted by molar-refractivity contribution is 6.04. The van der Waals surface area contributed by atoms with Crippen molar-refractivity contribution in [1.29, 1.82) is 0 Å². The van der Waals surface area contributed by atoms with Crippen LogP contribution in [0.1, 0.15) is 74.4 Å². The lowest BCUT2D eigenvalue weighted by atomic mass is 9.66. The summed E-state index contributed by atoms with van der Waals surface area (Å²) >= 11 is 0. The summed E-state index contributed by atoms with van der Waals surface area (Å²) in [4.78, 5) is 55.2. The third kappa shape index (κ3) is 7.16. The van der Waals surface area contributed by atoms with Gasteiger partial charge in [-0.2, -0.15) is 0 Å². The van der Waals surface area contributed by atoms with Crippen molar-refractivity contribution in [3.8, 4) is 0 Å². The van der Waals surface area contributed by atoms with Gasteiger partial charge in [-0.05, 0) is 69.8 Å². The molecule has 1 aromatic carbocycles. The first-order chi connectivity index (χ1) is 19.6. The van der Waals surface area contributed by atoms with Gasteiger partial charge in [-0.1, -0.05) is 37.0 Å². The molecular weight excluding hydrogens is 526 g/mol. The van der Waals surface area contributed by atoms with E-state index in [-0.39, 0.29) is 11.9 Å². The van der Waals surface area contributed by atoms with Crippen molar-refractivity contribution >= 4 is 29.4 Å². The Morgan fingerprint density at radius 3 is 2.22 bits per heavy atom. The number of nitrogens with zero attached hydrogens (tertiary/aromatic N) is 3. The van der Waals surface area contributed by atoms with Gasteiger partial charge in [0.15, 0.2) is 5.76 Å². The van der Waals surface area contributed by atoms with Crippen LogP contribution < -0.4 is 4.90 Å². The number of anilines is 1. The Morgan fingerprint density at radius 1 is 1.02 bits per heavy atom. The van der Waals surface area contributed by atoms with E-state index in [1.807, 2.05) is 36.1 Å². The first kappa shape index (κ1) is 30.3. The van der Waals surface area contributed by atoms with Crippen LogP contribution in [0.3, 0.4) is 0 Å². The molecule has 10 heteroatoms. The zero-order valence-corrected chi connectivity index (χ0v) is 24.0. The molecule has 10 nitrogen and oxygen atoms in total. The molecule has 1 aliphatic carbocycles. The number of carboxylic acid groups (broad SMARTS) is 2. The first-order valence-electron chi connectivity index (χ1n) is 14.5. The zero-order chi connectivity index (χ0) is 29.6. The van der Waals surface area contributed by atoms with E-state index in [0.29, 0.717) is 31.6 Å². The summed E-state index contributed by atoms with van der Waals surface area (Å²) in [5.41, 5.74) is 1.24. The fourth-order valence-corrected chi connectivity index (χ4v) is 6.67. The second-order valence-corrected chi connectivity index (χ2v) is 11.5. The van der Waals surface area contributed by atoms with E-state index in [9.17, 15) is 29.4 Å². The van der Waals surface area contributed by atoms with Gasteiger partial charge in [-0.15, -0.1) is 0 Å². The summed E-state index contributed by atoms with van der Waals surface area (Å²) in [5, 5.41) is 19.7. The third-order valence-electron chi connectivity index (χ3n) is 8.80. The number of carboxylic acids is 2. The number of likely N-dealkylation sites (tertiary alicyclic amines) is 1. The maximum atomic E-state index is 13.5. The summed E-state index contributed by atoms with van der Waals surface area (Å²) < 4.78 is 5.44. The normalized spacial score (nSPS) is 18.4. The molecule has 2 N–H and O–H groups in total. The minimum atomic E-state index is -1.22. The first-order valence-corrected chi connectivity index (χ1v) is 14.5. The van der Waals surface area contributed by atoms with Gasteiger partial charge in [0.25, 0.3) is 5.91 Å². The van der Waals surface area contributed by atoms with Crippen LogP contribution in [-0.4, -0.2) is 82.0 Å². The number of aryl methyl sites for hydroxylation is 1. The van der Waals surface area contributed by atoms with Crippen LogP contribution in [0.15, 0.2) is 47.1 Å². The van der Waals surface area contributed by atoms with E-state index < -0.39 is 35.8 Å². The Balaban J connectivity index is 1.48. The molecule has 2 fully saturated rings. The monoisotopic (exact) mass is 567 g/mol. The fraction of sp³-hybridized carbons (Fsp3) is 0.548. The van der Waals surface area contributed by atoms with Crippen molar-refractivity contribution in [2.45, 2.75) is 77.3 Å². The second kappa shape index (κ2) is 13.3. The highest BCUT2D eigenvalue weighted by Crippen LogP contribution is 2.45. The van der Waals surface area contributed by atoms with E-state index in [1.54, 1.807) is 12.1 Å². The summed E-state index contributed by atoms with van der Waals surface area (Å²) in [5.74, 6) is -2.79. The smallest absolute Gasteiger partial charge is 0.327 e. The molecule has 2 amide bonds. The van der Waals surface area contributed by atoms with Crippen molar-refractivity contribution < 1.29 is 33.8 Å². The molecule has 2 aromatic rings. The summed E-state index contributed by atoms with van der Waals surface area (Å²) in [6.45, 7) is 4.73. The number of benzene rings is 1. The molecule has 41 heavy (non-hydrogen) atoms. The van der Waals surface area contributed by atoms with Crippen LogP contribution in [0.5, 0.6) is 0 Å². The molecule has 222 valence electrons. The van der Waals surface area contributed by atoms with Crippen molar-refractivity contribution in [3.63, 3.8) is 0 Å². The number of furan rings is 1. The minimum absolute atomic E-state index is 0.0225. The van der Waals surface area contributed by atoms with Crippen LogP contribution >= 0.6 is 0 Å². The number of amides is 2. The van der Waals surface area contributed by atoms with Crippen molar-refractivity contribution in [2.24, 2.45) is 5.41 Å². The van der Waals surface area contributed by atoms with Gasteiger partial charge in [0, 0.05) is 37.2 Å². The molecule has 2 heterocycles. The Morgan fingerprint density at radius 2 is 1.68 bits per heavy atom. The van der Waals surface area contributed by atoms with Gasteiger partial charge >= 0.3 is 11.9 Å². The van der Waals surface area contributed by atoms with E-state index in [2.05, 4.69) is 4.90 Å². The van der Waals surface area contributed by atoms with Crippen molar-refractivity contribution in [1.82, 2.24) is 9.80 Å². The van der Waals surface area contributed by atoms with Crippen LogP contribution in [0, 0.1) is 12.3 Å². The van der Waals surface area contributed by atoms with Crippen molar-refractivity contribution in [3.05, 3.63) is 54.0 Å². The minimum Gasteiger partial charge on any atom is -0.480 e. The van der Waals surface area contributed by atoms with Gasteiger partial charge in [0.1, 0.15) is 12.6 Å². The number of rotatable bonds is 11. The van der Waals surface area contributed by atoms with Gasteiger partial charge in [0.05, 0.1) is 6.26 Å². The lowest BCUT2D eigenvalue weighted by Gasteiger charge is -2.47. The molecule has 1 aliphatic heterocycles. The van der Waals surface area contributed by atoms with Crippen LogP contribution in [-0.2, 0) is 14.4 Å². The average molecular weight is 568 g/mol. The highest BCUT2D eigenvalue weighted by Gasteiger charge is 2.48. The largest absolute Gasteiger partial charge is 0.480 e. The number of carbonyl (C=O) groups excluding carboxylic acids is 2. The number of aliphatic carboxylic acids is 2. The molecule has 4 rings (SSSR count). The number of hydrogen-bond donors (Lipinski definition) is 2. The highest BCUT2D eigenvalue weighted by atomic mass is 16.4. The van der Waals surface area contributed by atoms with Crippen LogP contribution in [0.4, 0.5) is 5.69 Å².